The summed E-state index contributed by atoms with van der Waals surface area (Å²) >= 11 is 0. The van der Waals surface area contributed by atoms with Crippen molar-refractivity contribution >= 4 is 11.9 Å². The number of anilines is 2. The fourth-order valence-corrected chi connectivity index (χ4v) is 2.01. The zero-order chi connectivity index (χ0) is 13.7. The third-order valence-electron chi connectivity index (χ3n) is 3.38. The first-order chi connectivity index (χ1) is 9.21. The van der Waals surface area contributed by atoms with Crippen LogP contribution in [0.1, 0.15) is 26.2 Å². The lowest BCUT2D eigenvalue weighted by Gasteiger charge is -2.40. The van der Waals surface area contributed by atoms with E-state index < -0.39 is 0 Å². The average molecular weight is 267 g/mol. The van der Waals surface area contributed by atoms with Gasteiger partial charge in [0.1, 0.15) is 0 Å². The van der Waals surface area contributed by atoms with Crippen molar-refractivity contribution in [3.8, 4) is 6.01 Å². The van der Waals surface area contributed by atoms with Crippen LogP contribution in [-0.4, -0.2) is 47.9 Å². The van der Waals surface area contributed by atoms with E-state index in [9.17, 15) is 0 Å². The molecule has 1 fully saturated rings. The fourth-order valence-electron chi connectivity index (χ4n) is 2.01. The molecule has 0 saturated heterocycles. The van der Waals surface area contributed by atoms with Gasteiger partial charge in [0, 0.05) is 20.7 Å². The Labute approximate surface area is 113 Å². The maximum Gasteiger partial charge on any atom is 0.323 e. The average Bonchev–Trinajstić information content (AvgIpc) is 2.38. The molecule has 1 aromatic rings. The highest BCUT2D eigenvalue weighted by atomic mass is 16.5. The van der Waals surface area contributed by atoms with E-state index in [0.717, 1.165) is 12.8 Å². The van der Waals surface area contributed by atoms with Crippen molar-refractivity contribution < 1.29 is 9.47 Å². The Hall–Kier alpha value is -1.63. The Bertz CT molecular complexity index is 417. The summed E-state index contributed by atoms with van der Waals surface area (Å²) in [5.41, 5.74) is -0.0712. The molecular formula is C12H21N5O2. The van der Waals surface area contributed by atoms with Gasteiger partial charge in [0.05, 0.1) is 12.2 Å². The van der Waals surface area contributed by atoms with Crippen LogP contribution in [-0.2, 0) is 4.74 Å². The summed E-state index contributed by atoms with van der Waals surface area (Å²) in [6.07, 6.45) is 3.34. The molecule has 0 bridgehead atoms. The molecule has 1 aliphatic carbocycles. The van der Waals surface area contributed by atoms with Crippen molar-refractivity contribution in [2.24, 2.45) is 0 Å². The Morgan fingerprint density at radius 3 is 2.47 bits per heavy atom. The summed E-state index contributed by atoms with van der Waals surface area (Å²) < 4.78 is 10.9. The number of methoxy groups -OCH3 is 1. The van der Waals surface area contributed by atoms with Crippen LogP contribution in [0.25, 0.3) is 0 Å². The molecule has 1 aliphatic rings. The van der Waals surface area contributed by atoms with Crippen LogP contribution < -0.4 is 15.4 Å². The second kappa shape index (κ2) is 6.01. The summed E-state index contributed by atoms with van der Waals surface area (Å²) in [6.45, 7) is 3.11. The molecule has 1 saturated carbocycles. The van der Waals surface area contributed by atoms with Gasteiger partial charge in [0.15, 0.2) is 0 Å². The highest BCUT2D eigenvalue weighted by Gasteiger charge is 2.36. The first kappa shape index (κ1) is 13.8. The molecule has 2 N–H and O–H groups in total. The van der Waals surface area contributed by atoms with E-state index in [1.165, 1.54) is 6.42 Å². The Kier molecular flexibility index (Phi) is 4.36. The first-order valence-electron chi connectivity index (χ1n) is 6.57. The molecule has 106 valence electrons. The summed E-state index contributed by atoms with van der Waals surface area (Å²) in [4.78, 5) is 12.6. The maximum atomic E-state index is 5.55. The quantitative estimate of drug-likeness (QED) is 0.770. The predicted molar refractivity (Wildman–Crippen MR) is 72.6 cm³/mol. The minimum absolute atomic E-state index is 0.0712. The van der Waals surface area contributed by atoms with Gasteiger partial charge in [-0.15, -0.1) is 0 Å². The van der Waals surface area contributed by atoms with E-state index in [2.05, 4.69) is 25.6 Å². The highest BCUT2D eigenvalue weighted by Crippen LogP contribution is 2.34. The summed E-state index contributed by atoms with van der Waals surface area (Å²) in [5.74, 6) is 0.993. The van der Waals surface area contributed by atoms with Crippen molar-refractivity contribution in [2.75, 3.05) is 37.9 Å². The van der Waals surface area contributed by atoms with E-state index >= 15 is 0 Å². The third-order valence-corrected chi connectivity index (χ3v) is 3.38. The zero-order valence-electron chi connectivity index (χ0n) is 11.7. The lowest BCUT2D eigenvalue weighted by atomic mass is 9.80. The highest BCUT2D eigenvalue weighted by molar-refractivity contribution is 5.35. The van der Waals surface area contributed by atoms with Gasteiger partial charge in [-0.2, -0.15) is 15.0 Å². The molecule has 0 unspecified atom stereocenters. The fraction of sp³-hybridized carbons (Fsp3) is 0.750. The normalized spacial score (nSPS) is 16.6. The predicted octanol–water partition coefficient (Wildman–Crippen LogP) is 1.29. The molecule has 7 nitrogen and oxygen atoms in total. The van der Waals surface area contributed by atoms with Gasteiger partial charge in [-0.05, 0) is 26.2 Å². The first-order valence-corrected chi connectivity index (χ1v) is 6.57. The minimum Gasteiger partial charge on any atom is -0.464 e. The number of rotatable bonds is 7. The largest absolute Gasteiger partial charge is 0.464 e. The zero-order valence-corrected chi connectivity index (χ0v) is 11.7. The van der Waals surface area contributed by atoms with E-state index in [1.54, 1.807) is 14.2 Å². The van der Waals surface area contributed by atoms with Crippen LogP contribution in [0.3, 0.4) is 0 Å². The standard InChI is InChI=1S/C12H21N5O2/c1-4-19-11-16-9(13-2)15-10(17-11)14-8-12(18-3)6-5-7-12/h4-8H2,1-3H3,(H2,13,14,15,16,17). The summed E-state index contributed by atoms with van der Waals surface area (Å²) in [7, 11) is 3.51. The molecule has 0 atom stereocenters. The lowest BCUT2D eigenvalue weighted by Crippen LogP contribution is -2.45. The number of ether oxygens (including phenoxy) is 2. The van der Waals surface area contributed by atoms with Crippen molar-refractivity contribution in [1.29, 1.82) is 0 Å². The number of hydrogen-bond donors (Lipinski definition) is 2. The Morgan fingerprint density at radius 2 is 1.95 bits per heavy atom. The Balaban J connectivity index is 2.04. The topological polar surface area (TPSA) is 81.2 Å². The number of aromatic nitrogens is 3. The van der Waals surface area contributed by atoms with Crippen LogP contribution in [0.4, 0.5) is 11.9 Å². The lowest BCUT2D eigenvalue weighted by molar-refractivity contribution is -0.0602. The molecule has 1 aromatic heterocycles. The molecule has 2 rings (SSSR count). The van der Waals surface area contributed by atoms with Crippen LogP contribution in [0.2, 0.25) is 0 Å². The third kappa shape index (κ3) is 3.23. The monoisotopic (exact) mass is 267 g/mol. The number of nitrogens with one attached hydrogen (secondary N) is 2. The molecule has 1 heterocycles. The van der Waals surface area contributed by atoms with Gasteiger partial charge in [-0.1, -0.05) is 0 Å². The van der Waals surface area contributed by atoms with Gasteiger partial charge in [-0.25, -0.2) is 0 Å². The molecule has 0 spiro atoms. The van der Waals surface area contributed by atoms with Gasteiger partial charge in [0.25, 0.3) is 0 Å². The van der Waals surface area contributed by atoms with Crippen molar-refractivity contribution in [3.63, 3.8) is 0 Å². The van der Waals surface area contributed by atoms with Gasteiger partial charge in [0.2, 0.25) is 11.9 Å². The number of nitrogens with zero attached hydrogens (tertiary/aromatic N) is 3. The molecule has 0 aliphatic heterocycles. The summed E-state index contributed by atoms with van der Waals surface area (Å²) in [6, 6.07) is 0.324. The SMILES string of the molecule is CCOc1nc(NC)nc(NCC2(OC)CCC2)n1. The van der Waals surface area contributed by atoms with Gasteiger partial charge in [-0.3, -0.25) is 0 Å². The van der Waals surface area contributed by atoms with Crippen molar-refractivity contribution in [1.82, 2.24) is 15.0 Å². The van der Waals surface area contributed by atoms with E-state index in [4.69, 9.17) is 9.47 Å². The Morgan fingerprint density at radius 1 is 1.21 bits per heavy atom. The molecule has 0 amide bonds. The van der Waals surface area contributed by atoms with Crippen LogP contribution >= 0.6 is 0 Å². The van der Waals surface area contributed by atoms with E-state index in [-0.39, 0.29) is 5.60 Å². The van der Waals surface area contributed by atoms with Gasteiger partial charge >= 0.3 is 6.01 Å². The second-order valence-electron chi connectivity index (χ2n) is 4.54. The van der Waals surface area contributed by atoms with E-state index in [1.807, 2.05) is 6.92 Å². The summed E-state index contributed by atoms with van der Waals surface area (Å²) in [5, 5.41) is 6.10. The molecular weight excluding hydrogens is 246 g/mol. The smallest absolute Gasteiger partial charge is 0.323 e. The molecule has 0 aromatic carbocycles. The molecule has 7 heteroatoms. The van der Waals surface area contributed by atoms with Gasteiger partial charge < -0.3 is 20.1 Å². The van der Waals surface area contributed by atoms with Crippen LogP contribution in [0.5, 0.6) is 6.01 Å². The molecule has 0 radical (unpaired) electrons. The molecule has 19 heavy (non-hydrogen) atoms. The van der Waals surface area contributed by atoms with Crippen molar-refractivity contribution in [2.45, 2.75) is 31.8 Å². The maximum absolute atomic E-state index is 5.55. The van der Waals surface area contributed by atoms with Crippen LogP contribution in [0.15, 0.2) is 0 Å². The minimum atomic E-state index is -0.0712. The number of hydrogen-bond acceptors (Lipinski definition) is 7. The van der Waals surface area contributed by atoms with E-state index in [0.29, 0.717) is 31.1 Å². The van der Waals surface area contributed by atoms with Crippen molar-refractivity contribution in [3.05, 3.63) is 0 Å². The van der Waals surface area contributed by atoms with Crippen LogP contribution in [0, 0.1) is 0 Å². The second-order valence-corrected chi connectivity index (χ2v) is 4.54.